The second-order valence-corrected chi connectivity index (χ2v) is 4.91. The van der Waals surface area contributed by atoms with Crippen molar-refractivity contribution in [1.29, 1.82) is 0 Å². The Kier molecular flexibility index (Phi) is 1.64. The van der Waals surface area contributed by atoms with Gasteiger partial charge in [-0.3, -0.25) is 0 Å². The normalized spacial score (nSPS) is 32.0. The van der Waals surface area contributed by atoms with Crippen molar-refractivity contribution < 1.29 is 4.42 Å². The molecule has 0 amide bonds. The molecule has 1 aliphatic rings. The van der Waals surface area contributed by atoms with E-state index in [2.05, 4.69) is 29.8 Å². The first-order chi connectivity index (χ1) is 5.53. The molecule has 0 radical (unpaired) electrons. The van der Waals surface area contributed by atoms with Crippen molar-refractivity contribution >= 4 is 15.9 Å². The smallest absolute Gasteiger partial charge is 0.110 e. The molecule has 2 nitrogen and oxygen atoms in total. The van der Waals surface area contributed by atoms with Crippen LogP contribution in [0.4, 0.5) is 0 Å². The summed E-state index contributed by atoms with van der Waals surface area (Å²) in [4.78, 5) is 0. The van der Waals surface area contributed by atoms with E-state index < -0.39 is 0 Å². The molecule has 0 unspecified atom stereocenters. The maximum absolute atomic E-state index is 5.91. The van der Waals surface area contributed by atoms with Gasteiger partial charge in [0.25, 0.3) is 0 Å². The Bertz CT molecular complexity index is 305. The molecular formula is C9H12BrNO. The van der Waals surface area contributed by atoms with E-state index in [1.807, 2.05) is 6.07 Å². The summed E-state index contributed by atoms with van der Waals surface area (Å²) in [6.45, 7) is 4.33. The Morgan fingerprint density at radius 3 is 2.50 bits per heavy atom. The summed E-state index contributed by atoms with van der Waals surface area (Å²) in [6, 6.07) is 2.25. The predicted octanol–water partition coefficient (Wildman–Crippen LogP) is 2.49. The number of hydrogen-bond acceptors (Lipinski definition) is 2. The van der Waals surface area contributed by atoms with Gasteiger partial charge in [0.05, 0.1) is 4.47 Å². The lowest BCUT2D eigenvalue weighted by atomic mass is 10.1. The average molecular weight is 230 g/mol. The van der Waals surface area contributed by atoms with Crippen LogP contribution < -0.4 is 5.73 Å². The molecule has 2 atom stereocenters. The van der Waals surface area contributed by atoms with Crippen molar-refractivity contribution in [3.05, 3.63) is 22.6 Å². The third-order valence-electron chi connectivity index (χ3n) is 2.80. The van der Waals surface area contributed by atoms with Gasteiger partial charge in [-0.2, -0.15) is 0 Å². The van der Waals surface area contributed by atoms with E-state index in [4.69, 9.17) is 10.2 Å². The Labute approximate surface area is 80.3 Å². The highest BCUT2D eigenvalue weighted by molar-refractivity contribution is 9.10. The van der Waals surface area contributed by atoms with E-state index >= 15 is 0 Å². The van der Waals surface area contributed by atoms with Crippen LogP contribution in [-0.2, 0) is 0 Å². The van der Waals surface area contributed by atoms with E-state index in [-0.39, 0.29) is 11.5 Å². The van der Waals surface area contributed by atoms with Crippen LogP contribution in [0, 0.1) is 5.41 Å². The van der Waals surface area contributed by atoms with Gasteiger partial charge in [0, 0.05) is 12.0 Å². The molecule has 1 aromatic rings. The first-order valence-corrected chi connectivity index (χ1v) is 4.82. The average Bonchev–Trinajstić information content (AvgIpc) is 2.38. The SMILES string of the molecule is CC1(C)[C@H](N)[C@H]1c1cc(Br)co1. The van der Waals surface area contributed by atoms with E-state index in [0.29, 0.717) is 5.92 Å². The van der Waals surface area contributed by atoms with Crippen molar-refractivity contribution in [2.24, 2.45) is 11.1 Å². The summed E-state index contributed by atoms with van der Waals surface area (Å²) >= 11 is 3.35. The highest BCUT2D eigenvalue weighted by atomic mass is 79.9. The highest BCUT2D eigenvalue weighted by Crippen LogP contribution is 2.57. The van der Waals surface area contributed by atoms with Crippen molar-refractivity contribution in [1.82, 2.24) is 0 Å². The third kappa shape index (κ3) is 1.04. The Morgan fingerprint density at radius 2 is 2.17 bits per heavy atom. The first-order valence-electron chi connectivity index (χ1n) is 4.03. The van der Waals surface area contributed by atoms with Crippen molar-refractivity contribution in [2.75, 3.05) is 0 Å². The minimum atomic E-state index is 0.206. The van der Waals surface area contributed by atoms with Crippen LogP contribution in [0.25, 0.3) is 0 Å². The van der Waals surface area contributed by atoms with Gasteiger partial charge in [0.1, 0.15) is 12.0 Å². The molecule has 1 aliphatic carbocycles. The first kappa shape index (κ1) is 8.32. The lowest BCUT2D eigenvalue weighted by molar-refractivity contribution is 0.481. The fourth-order valence-corrected chi connectivity index (χ4v) is 2.03. The molecule has 12 heavy (non-hydrogen) atoms. The quantitative estimate of drug-likeness (QED) is 0.804. The maximum atomic E-state index is 5.91. The zero-order chi connectivity index (χ0) is 8.93. The zero-order valence-corrected chi connectivity index (χ0v) is 8.76. The fraction of sp³-hybridized carbons (Fsp3) is 0.556. The lowest BCUT2D eigenvalue weighted by Gasteiger charge is -1.96. The van der Waals surface area contributed by atoms with Crippen molar-refractivity contribution in [2.45, 2.75) is 25.8 Å². The van der Waals surface area contributed by atoms with Gasteiger partial charge in [-0.25, -0.2) is 0 Å². The summed E-state index contributed by atoms with van der Waals surface area (Å²) in [7, 11) is 0. The van der Waals surface area contributed by atoms with Crippen molar-refractivity contribution in [3.8, 4) is 0 Å². The topological polar surface area (TPSA) is 39.2 Å². The van der Waals surface area contributed by atoms with Crippen LogP contribution in [0.2, 0.25) is 0 Å². The fourth-order valence-electron chi connectivity index (χ4n) is 1.71. The molecule has 2 N–H and O–H groups in total. The van der Waals surface area contributed by atoms with Crippen LogP contribution in [0.15, 0.2) is 21.2 Å². The third-order valence-corrected chi connectivity index (χ3v) is 3.22. The largest absolute Gasteiger partial charge is 0.468 e. The molecule has 0 saturated heterocycles. The molecular weight excluding hydrogens is 218 g/mol. The molecule has 1 saturated carbocycles. The molecule has 3 heteroatoms. The van der Waals surface area contributed by atoms with Crippen molar-refractivity contribution in [3.63, 3.8) is 0 Å². The number of hydrogen-bond donors (Lipinski definition) is 1. The van der Waals surface area contributed by atoms with Gasteiger partial charge < -0.3 is 10.2 Å². The molecule has 0 aliphatic heterocycles. The van der Waals surface area contributed by atoms with Crippen LogP contribution >= 0.6 is 15.9 Å². The highest BCUT2D eigenvalue weighted by Gasteiger charge is 2.57. The van der Waals surface area contributed by atoms with Crippen LogP contribution in [0.3, 0.4) is 0 Å². The van der Waals surface area contributed by atoms with Gasteiger partial charge >= 0.3 is 0 Å². The molecule has 0 bridgehead atoms. The number of halogens is 1. The van der Waals surface area contributed by atoms with E-state index in [1.165, 1.54) is 0 Å². The molecule has 66 valence electrons. The molecule has 2 rings (SSSR count). The Hall–Kier alpha value is -0.280. The van der Waals surface area contributed by atoms with Gasteiger partial charge in [0.15, 0.2) is 0 Å². The summed E-state index contributed by atoms with van der Waals surface area (Å²) in [6.07, 6.45) is 1.70. The van der Waals surface area contributed by atoms with Gasteiger partial charge in [-0.05, 0) is 27.4 Å². The van der Waals surface area contributed by atoms with Crippen LogP contribution in [-0.4, -0.2) is 6.04 Å². The predicted molar refractivity (Wildman–Crippen MR) is 50.9 cm³/mol. The number of nitrogens with two attached hydrogens (primary N) is 1. The minimum Gasteiger partial charge on any atom is -0.468 e. The molecule has 1 heterocycles. The zero-order valence-electron chi connectivity index (χ0n) is 7.17. The standard InChI is InChI=1S/C9H12BrNO/c1-9(2)7(8(9)11)6-3-5(10)4-12-6/h3-4,7-8H,11H2,1-2H3/t7-,8-/m1/s1. The lowest BCUT2D eigenvalue weighted by Crippen LogP contribution is -2.06. The molecule has 0 aromatic carbocycles. The summed E-state index contributed by atoms with van der Waals surface area (Å²) in [5.74, 6) is 1.39. The van der Waals surface area contributed by atoms with Crippen LogP contribution in [0.5, 0.6) is 0 Å². The summed E-state index contributed by atoms with van der Waals surface area (Å²) in [5.41, 5.74) is 6.12. The number of rotatable bonds is 1. The maximum Gasteiger partial charge on any atom is 0.110 e. The van der Waals surface area contributed by atoms with Gasteiger partial charge in [-0.15, -0.1) is 0 Å². The molecule has 0 spiro atoms. The second kappa shape index (κ2) is 2.36. The van der Waals surface area contributed by atoms with Gasteiger partial charge in [-0.1, -0.05) is 13.8 Å². The minimum absolute atomic E-state index is 0.206. The van der Waals surface area contributed by atoms with Gasteiger partial charge in [0.2, 0.25) is 0 Å². The van der Waals surface area contributed by atoms with E-state index in [1.54, 1.807) is 6.26 Å². The Balaban J connectivity index is 2.24. The van der Waals surface area contributed by atoms with Crippen LogP contribution in [0.1, 0.15) is 25.5 Å². The monoisotopic (exact) mass is 229 g/mol. The van der Waals surface area contributed by atoms with E-state index in [9.17, 15) is 0 Å². The summed E-state index contributed by atoms with van der Waals surface area (Å²) < 4.78 is 6.36. The summed E-state index contributed by atoms with van der Waals surface area (Å²) in [5, 5.41) is 0. The Morgan fingerprint density at radius 1 is 1.58 bits per heavy atom. The van der Waals surface area contributed by atoms with E-state index in [0.717, 1.165) is 10.2 Å². The number of furan rings is 1. The molecule has 1 aromatic heterocycles. The second-order valence-electron chi connectivity index (χ2n) is 3.99. The molecule has 1 fully saturated rings.